The van der Waals surface area contributed by atoms with E-state index < -0.39 is 0 Å². The van der Waals surface area contributed by atoms with Crippen LogP contribution < -0.4 is 0 Å². The highest BCUT2D eigenvalue weighted by molar-refractivity contribution is 5.92. The van der Waals surface area contributed by atoms with Gasteiger partial charge in [0.25, 0.3) is 5.91 Å². The number of ether oxygens (including phenoxy) is 2. The maximum Gasteiger partial charge on any atom is 0.276 e. The predicted octanol–water partition coefficient (Wildman–Crippen LogP) is 1.74. The van der Waals surface area contributed by atoms with Gasteiger partial charge in [0.15, 0.2) is 5.69 Å². The zero-order valence-corrected chi connectivity index (χ0v) is 18.4. The number of aromatic nitrogens is 3. The van der Waals surface area contributed by atoms with Crippen LogP contribution in [-0.4, -0.2) is 82.1 Å². The van der Waals surface area contributed by atoms with Gasteiger partial charge in [-0.2, -0.15) is 0 Å². The first-order valence-corrected chi connectivity index (χ1v) is 11.4. The molecule has 4 rings (SSSR count). The van der Waals surface area contributed by atoms with Crippen molar-refractivity contribution in [3.8, 4) is 0 Å². The van der Waals surface area contributed by atoms with E-state index in [1.54, 1.807) is 15.8 Å². The molecular weight excluding hydrogens is 410 g/mol. The molecule has 9 heteroatoms. The second kappa shape index (κ2) is 11.2. The molecule has 1 atom stereocenters. The Morgan fingerprint density at radius 1 is 1.09 bits per heavy atom. The van der Waals surface area contributed by atoms with E-state index in [1.807, 2.05) is 35.2 Å². The third kappa shape index (κ3) is 5.92. The van der Waals surface area contributed by atoms with Crippen molar-refractivity contribution in [1.82, 2.24) is 24.8 Å². The average molecular weight is 442 g/mol. The molecule has 2 aromatic rings. The SMILES string of the molecule is O=C(c1cn(CCC2CCCCN2C(=O)COCc2ccccc2)nn1)N1CCOCC1. The molecular formula is C23H31N5O4. The quantitative estimate of drug-likeness (QED) is 0.620. The zero-order chi connectivity index (χ0) is 22.2. The van der Waals surface area contributed by atoms with Crippen molar-refractivity contribution in [2.75, 3.05) is 39.5 Å². The maximum absolute atomic E-state index is 12.8. The Morgan fingerprint density at radius 2 is 1.91 bits per heavy atom. The van der Waals surface area contributed by atoms with Gasteiger partial charge in [-0.25, -0.2) is 0 Å². The molecule has 2 saturated heterocycles. The fourth-order valence-electron chi connectivity index (χ4n) is 4.26. The molecule has 0 saturated carbocycles. The molecule has 0 radical (unpaired) electrons. The van der Waals surface area contributed by atoms with E-state index in [-0.39, 0.29) is 24.5 Å². The van der Waals surface area contributed by atoms with Crippen LogP contribution in [0, 0.1) is 0 Å². The zero-order valence-electron chi connectivity index (χ0n) is 18.4. The minimum absolute atomic E-state index is 0.0346. The minimum Gasteiger partial charge on any atom is -0.378 e. The Morgan fingerprint density at radius 3 is 2.72 bits per heavy atom. The topological polar surface area (TPSA) is 89.8 Å². The lowest BCUT2D eigenvalue weighted by Crippen LogP contribution is -2.45. The van der Waals surface area contributed by atoms with Gasteiger partial charge in [-0.15, -0.1) is 5.10 Å². The van der Waals surface area contributed by atoms with Crippen LogP contribution >= 0.6 is 0 Å². The van der Waals surface area contributed by atoms with Gasteiger partial charge in [-0.3, -0.25) is 14.3 Å². The van der Waals surface area contributed by atoms with Crippen molar-refractivity contribution in [2.24, 2.45) is 0 Å². The van der Waals surface area contributed by atoms with Crippen LogP contribution in [0.4, 0.5) is 0 Å². The van der Waals surface area contributed by atoms with Gasteiger partial charge < -0.3 is 19.3 Å². The average Bonchev–Trinajstić information content (AvgIpc) is 3.33. The number of nitrogens with zero attached hydrogens (tertiary/aromatic N) is 5. The lowest BCUT2D eigenvalue weighted by Gasteiger charge is -2.35. The lowest BCUT2D eigenvalue weighted by molar-refractivity contribution is -0.140. The number of rotatable bonds is 8. The standard InChI is InChI=1S/C23H31N5O4/c29-22(18-32-17-19-6-2-1-3-7-19)28-10-5-4-8-20(28)9-11-27-16-21(24-25-27)23(30)26-12-14-31-15-13-26/h1-3,6-7,16,20H,4-5,8-15,17-18H2. The summed E-state index contributed by atoms with van der Waals surface area (Å²) in [6, 6.07) is 10.0. The van der Waals surface area contributed by atoms with E-state index in [4.69, 9.17) is 9.47 Å². The van der Waals surface area contributed by atoms with Crippen LogP contribution in [0.1, 0.15) is 41.7 Å². The summed E-state index contributed by atoms with van der Waals surface area (Å²) in [6.07, 6.45) is 5.58. The summed E-state index contributed by atoms with van der Waals surface area (Å²) in [5, 5.41) is 8.19. The van der Waals surface area contributed by atoms with Gasteiger partial charge in [0, 0.05) is 32.2 Å². The fourth-order valence-corrected chi connectivity index (χ4v) is 4.26. The number of carbonyl (C=O) groups is 2. The van der Waals surface area contributed by atoms with Crippen molar-refractivity contribution in [1.29, 1.82) is 0 Å². The molecule has 1 aromatic heterocycles. The van der Waals surface area contributed by atoms with E-state index in [0.29, 0.717) is 45.1 Å². The summed E-state index contributed by atoms with van der Waals surface area (Å²) in [4.78, 5) is 29.0. The summed E-state index contributed by atoms with van der Waals surface area (Å²) in [6.45, 7) is 4.17. The Hall–Kier alpha value is -2.78. The molecule has 2 aliphatic rings. The highest BCUT2D eigenvalue weighted by Crippen LogP contribution is 2.21. The fraction of sp³-hybridized carbons (Fsp3) is 0.565. The van der Waals surface area contributed by atoms with Gasteiger partial charge in [-0.05, 0) is 31.2 Å². The van der Waals surface area contributed by atoms with Gasteiger partial charge in [0.1, 0.15) is 6.61 Å². The minimum atomic E-state index is -0.107. The van der Waals surface area contributed by atoms with Gasteiger partial charge in [0.05, 0.1) is 26.0 Å². The van der Waals surface area contributed by atoms with Crippen LogP contribution in [0.15, 0.2) is 36.5 Å². The Labute approximate surface area is 188 Å². The summed E-state index contributed by atoms with van der Waals surface area (Å²) in [7, 11) is 0. The number of carbonyl (C=O) groups excluding carboxylic acids is 2. The molecule has 1 aromatic carbocycles. The Kier molecular flexibility index (Phi) is 7.84. The first-order valence-electron chi connectivity index (χ1n) is 11.4. The monoisotopic (exact) mass is 441 g/mol. The van der Waals surface area contributed by atoms with Gasteiger partial charge in [-0.1, -0.05) is 35.5 Å². The van der Waals surface area contributed by atoms with E-state index in [1.165, 1.54) is 0 Å². The summed E-state index contributed by atoms with van der Waals surface area (Å²) >= 11 is 0. The van der Waals surface area contributed by atoms with Crippen molar-refractivity contribution >= 4 is 11.8 Å². The normalized spacial score (nSPS) is 19.2. The molecule has 9 nitrogen and oxygen atoms in total. The van der Waals surface area contributed by atoms with E-state index in [0.717, 1.165) is 37.8 Å². The van der Waals surface area contributed by atoms with Crippen LogP contribution in [0.5, 0.6) is 0 Å². The van der Waals surface area contributed by atoms with E-state index in [9.17, 15) is 9.59 Å². The molecule has 2 aliphatic heterocycles. The van der Waals surface area contributed by atoms with Crippen molar-refractivity contribution in [3.63, 3.8) is 0 Å². The first kappa shape index (κ1) is 22.4. The van der Waals surface area contributed by atoms with Crippen LogP contribution in [0.25, 0.3) is 0 Å². The summed E-state index contributed by atoms with van der Waals surface area (Å²) in [5.41, 5.74) is 1.42. The molecule has 0 aliphatic carbocycles. The van der Waals surface area contributed by atoms with Crippen LogP contribution in [0.2, 0.25) is 0 Å². The number of benzene rings is 1. The maximum atomic E-state index is 12.8. The number of amides is 2. The third-order valence-corrected chi connectivity index (χ3v) is 6.03. The van der Waals surface area contributed by atoms with Gasteiger partial charge in [0.2, 0.25) is 5.91 Å². The second-order valence-corrected chi connectivity index (χ2v) is 8.28. The number of hydrogen-bond donors (Lipinski definition) is 0. The number of hydrogen-bond acceptors (Lipinski definition) is 6. The molecule has 32 heavy (non-hydrogen) atoms. The largest absolute Gasteiger partial charge is 0.378 e. The van der Waals surface area contributed by atoms with Crippen molar-refractivity contribution in [3.05, 3.63) is 47.8 Å². The molecule has 0 spiro atoms. The Balaban J connectivity index is 1.26. The molecule has 1 unspecified atom stereocenters. The first-order chi connectivity index (χ1) is 15.7. The van der Waals surface area contributed by atoms with Crippen LogP contribution in [0.3, 0.4) is 0 Å². The summed E-state index contributed by atoms with van der Waals surface area (Å²) < 4.78 is 12.7. The molecule has 2 amide bonds. The third-order valence-electron chi connectivity index (χ3n) is 6.03. The number of aryl methyl sites for hydroxylation is 1. The lowest BCUT2D eigenvalue weighted by atomic mass is 9.99. The predicted molar refractivity (Wildman–Crippen MR) is 117 cm³/mol. The van der Waals surface area contributed by atoms with E-state index in [2.05, 4.69) is 10.3 Å². The number of piperidine rings is 1. The van der Waals surface area contributed by atoms with E-state index >= 15 is 0 Å². The van der Waals surface area contributed by atoms with Gasteiger partial charge >= 0.3 is 0 Å². The number of likely N-dealkylation sites (tertiary alicyclic amines) is 1. The summed E-state index contributed by atoms with van der Waals surface area (Å²) in [5.74, 6) is -0.0722. The molecule has 0 N–H and O–H groups in total. The highest BCUT2D eigenvalue weighted by Gasteiger charge is 2.27. The Bertz CT molecular complexity index is 882. The van der Waals surface area contributed by atoms with Crippen LogP contribution in [-0.2, 0) is 27.4 Å². The van der Waals surface area contributed by atoms with Crippen molar-refractivity contribution in [2.45, 2.75) is 44.9 Å². The molecule has 0 bridgehead atoms. The molecule has 2 fully saturated rings. The molecule has 3 heterocycles. The van der Waals surface area contributed by atoms with Crippen molar-refractivity contribution < 1.29 is 19.1 Å². The second-order valence-electron chi connectivity index (χ2n) is 8.28. The smallest absolute Gasteiger partial charge is 0.276 e. The highest BCUT2D eigenvalue weighted by atomic mass is 16.5. The number of morpholine rings is 1. The molecule has 172 valence electrons.